The molecule has 23 heavy (non-hydrogen) atoms. The maximum atomic E-state index is 13.0. The predicted octanol–water partition coefficient (Wildman–Crippen LogP) is 3.71. The van der Waals surface area contributed by atoms with Gasteiger partial charge in [-0.05, 0) is 55.3 Å². The van der Waals surface area contributed by atoms with E-state index in [2.05, 4.69) is 10.5 Å². The standard InChI is InChI=1S/C17H16ClFN2O2/c1-11-8-14(18)6-7-16(11)23-12(2)17(22)21-20-10-13-4-3-5-15(19)9-13/h3-10,12H,1-2H3,(H,21,22)/b20-10+. The summed E-state index contributed by atoms with van der Waals surface area (Å²) in [4.78, 5) is 11.9. The minimum absolute atomic E-state index is 0.366. The normalized spacial score (nSPS) is 12.2. The minimum Gasteiger partial charge on any atom is -0.481 e. The lowest BCUT2D eigenvalue weighted by atomic mass is 10.2. The molecule has 0 aromatic heterocycles. The molecule has 0 radical (unpaired) electrons. The van der Waals surface area contributed by atoms with Gasteiger partial charge in [-0.2, -0.15) is 5.10 Å². The van der Waals surface area contributed by atoms with Gasteiger partial charge in [0.1, 0.15) is 11.6 Å². The number of carbonyl (C=O) groups is 1. The number of hydrazone groups is 1. The van der Waals surface area contributed by atoms with Crippen LogP contribution >= 0.6 is 11.6 Å². The molecule has 0 heterocycles. The van der Waals surface area contributed by atoms with Gasteiger partial charge in [-0.3, -0.25) is 4.79 Å². The van der Waals surface area contributed by atoms with Gasteiger partial charge in [-0.15, -0.1) is 0 Å². The number of hydrogen-bond acceptors (Lipinski definition) is 3. The molecule has 2 aromatic carbocycles. The number of hydrogen-bond donors (Lipinski definition) is 1. The van der Waals surface area contributed by atoms with Crippen molar-refractivity contribution in [3.05, 3.63) is 64.4 Å². The van der Waals surface area contributed by atoms with E-state index >= 15 is 0 Å². The molecule has 1 N–H and O–H groups in total. The molecule has 0 saturated heterocycles. The van der Waals surface area contributed by atoms with E-state index in [-0.39, 0.29) is 5.82 Å². The minimum atomic E-state index is -0.737. The highest BCUT2D eigenvalue weighted by molar-refractivity contribution is 6.30. The molecule has 0 saturated carbocycles. The second-order valence-corrected chi connectivity index (χ2v) is 5.40. The summed E-state index contributed by atoms with van der Waals surface area (Å²) in [5, 5.41) is 4.39. The topological polar surface area (TPSA) is 50.7 Å². The Balaban J connectivity index is 1.92. The van der Waals surface area contributed by atoms with Crippen molar-refractivity contribution in [2.24, 2.45) is 5.10 Å². The van der Waals surface area contributed by atoms with Crippen molar-refractivity contribution < 1.29 is 13.9 Å². The predicted molar refractivity (Wildman–Crippen MR) is 88.4 cm³/mol. The van der Waals surface area contributed by atoms with Crippen molar-refractivity contribution in [3.63, 3.8) is 0 Å². The van der Waals surface area contributed by atoms with Gasteiger partial charge in [-0.1, -0.05) is 23.7 Å². The first-order chi connectivity index (χ1) is 11.0. The van der Waals surface area contributed by atoms with Gasteiger partial charge in [-0.25, -0.2) is 9.82 Å². The lowest BCUT2D eigenvalue weighted by Gasteiger charge is -2.14. The second kappa shape index (κ2) is 7.74. The summed E-state index contributed by atoms with van der Waals surface area (Å²) in [6.07, 6.45) is 0.626. The van der Waals surface area contributed by atoms with E-state index in [4.69, 9.17) is 16.3 Å². The van der Waals surface area contributed by atoms with Crippen LogP contribution in [0.25, 0.3) is 0 Å². The highest BCUT2D eigenvalue weighted by atomic mass is 35.5. The van der Waals surface area contributed by atoms with E-state index < -0.39 is 12.0 Å². The zero-order valence-electron chi connectivity index (χ0n) is 12.7. The van der Waals surface area contributed by atoms with Crippen molar-refractivity contribution in [3.8, 4) is 5.75 Å². The molecule has 0 bridgehead atoms. The van der Waals surface area contributed by atoms with E-state index in [9.17, 15) is 9.18 Å². The van der Waals surface area contributed by atoms with Crippen molar-refractivity contribution in [1.82, 2.24) is 5.43 Å². The Morgan fingerprint density at radius 1 is 1.35 bits per heavy atom. The van der Waals surface area contributed by atoms with E-state index in [1.54, 1.807) is 37.3 Å². The van der Waals surface area contributed by atoms with Gasteiger partial charge in [0.2, 0.25) is 0 Å². The molecule has 6 heteroatoms. The number of benzene rings is 2. The number of aryl methyl sites for hydroxylation is 1. The fraction of sp³-hybridized carbons (Fsp3) is 0.176. The third kappa shape index (κ3) is 5.07. The van der Waals surface area contributed by atoms with Crippen LogP contribution in [0.3, 0.4) is 0 Å². The Morgan fingerprint density at radius 2 is 2.13 bits per heavy atom. The number of rotatable bonds is 5. The molecule has 1 amide bonds. The SMILES string of the molecule is Cc1cc(Cl)ccc1OC(C)C(=O)N/N=C/c1cccc(F)c1. The number of nitrogens with one attached hydrogen (secondary N) is 1. The van der Waals surface area contributed by atoms with Crippen molar-refractivity contribution in [1.29, 1.82) is 0 Å². The van der Waals surface area contributed by atoms with Crippen LogP contribution in [-0.2, 0) is 4.79 Å². The lowest BCUT2D eigenvalue weighted by Crippen LogP contribution is -2.33. The van der Waals surface area contributed by atoms with Gasteiger partial charge in [0, 0.05) is 5.02 Å². The van der Waals surface area contributed by atoms with E-state index in [1.165, 1.54) is 18.3 Å². The van der Waals surface area contributed by atoms with Gasteiger partial charge >= 0.3 is 0 Å². The van der Waals surface area contributed by atoms with Crippen LogP contribution in [0.1, 0.15) is 18.1 Å². The summed E-state index contributed by atoms with van der Waals surface area (Å²) in [6, 6.07) is 11.0. The Labute approximate surface area is 138 Å². The van der Waals surface area contributed by atoms with Crippen LogP contribution in [-0.4, -0.2) is 18.2 Å². The molecular weight excluding hydrogens is 319 g/mol. The van der Waals surface area contributed by atoms with E-state index in [1.807, 2.05) is 6.92 Å². The summed E-state index contributed by atoms with van der Waals surface area (Å²) >= 11 is 5.87. The summed E-state index contributed by atoms with van der Waals surface area (Å²) in [7, 11) is 0. The molecule has 1 atom stereocenters. The van der Waals surface area contributed by atoms with Crippen molar-refractivity contribution in [2.45, 2.75) is 20.0 Å². The molecule has 0 spiro atoms. The van der Waals surface area contributed by atoms with Crippen LogP contribution in [0, 0.1) is 12.7 Å². The zero-order chi connectivity index (χ0) is 16.8. The molecule has 0 aliphatic heterocycles. The molecule has 0 aliphatic carbocycles. The van der Waals surface area contributed by atoms with Crippen molar-refractivity contribution >= 4 is 23.7 Å². The number of ether oxygens (including phenoxy) is 1. The lowest BCUT2D eigenvalue weighted by molar-refractivity contribution is -0.127. The summed E-state index contributed by atoms with van der Waals surface area (Å²) in [5.74, 6) is -0.201. The number of carbonyl (C=O) groups excluding carboxylic acids is 1. The smallest absolute Gasteiger partial charge is 0.280 e. The number of halogens is 2. The van der Waals surface area contributed by atoms with Crippen LogP contribution in [0.5, 0.6) is 5.75 Å². The van der Waals surface area contributed by atoms with E-state index in [0.717, 1.165) is 5.56 Å². The summed E-state index contributed by atoms with van der Waals surface area (Å²) in [6.45, 7) is 3.45. The Bertz CT molecular complexity index is 734. The first-order valence-electron chi connectivity index (χ1n) is 6.97. The fourth-order valence-electron chi connectivity index (χ4n) is 1.84. The molecule has 0 fully saturated rings. The summed E-state index contributed by atoms with van der Waals surface area (Å²) in [5.41, 5.74) is 3.74. The molecule has 120 valence electrons. The zero-order valence-corrected chi connectivity index (χ0v) is 13.5. The third-order valence-corrected chi connectivity index (χ3v) is 3.28. The Kier molecular flexibility index (Phi) is 5.71. The first-order valence-corrected chi connectivity index (χ1v) is 7.35. The Morgan fingerprint density at radius 3 is 2.83 bits per heavy atom. The molecular formula is C17H16ClFN2O2. The molecule has 1 unspecified atom stereocenters. The molecule has 2 aromatic rings. The van der Waals surface area contributed by atoms with Crippen LogP contribution < -0.4 is 10.2 Å². The maximum Gasteiger partial charge on any atom is 0.280 e. The van der Waals surface area contributed by atoms with Crippen LogP contribution in [0.15, 0.2) is 47.6 Å². The maximum absolute atomic E-state index is 13.0. The second-order valence-electron chi connectivity index (χ2n) is 4.96. The Hall–Kier alpha value is -2.40. The summed E-state index contributed by atoms with van der Waals surface area (Å²) < 4.78 is 18.6. The largest absolute Gasteiger partial charge is 0.481 e. The molecule has 2 rings (SSSR count). The first kappa shape index (κ1) is 17.0. The molecule has 4 nitrogen and oxygen atoms in total. The quantitative estimate of drug-likeness (QED) is 0.669. The van der Waals surface area contributed by atoms with Crippen LogP contribution in [0.4, 0.5) is 4.39 Å². The van der Waals surface area contributed by atoms with E-state index in [0.29, 0.717) is 16.3 Å². The van der Waals surface area contributed by atoms with Crippen LogP contribution in [0.2, 0.25) is 5.02 Å². The number of nitrogens with zero attached hydrogens (tertiary/aromatic N) is 1. The third-order valence-electron chi connectivity index (χ3n) is 3.05. The average molecular weight is 335 g/mol. The highest BCUT2D eigenvalue weighted by Crippen LogP contribution is 2.22. The monoisotopic (exact) mass is 334 g/mol. The number of amides is 1. The van der Waals surface area contributed by atoms with Crippen molar-refractivity contribution in [2.75, 3.05) is 0 Å². The fourth-order valence-corrected chi connectivity index (χ4v) is 2.06. The van der Waals surface area contributed by atoms with Gasteiger partial charge in [0.15, 0.2) is 6.10 Å². The highest BCUT2D eigenvalue weighted by Gasteiger charge is 2.15. The molecule has 0 aliphatic rings. The van der Waals surface area contributed by atoms with Gasteiger partial charge in [0.05, 0.1) is 6.21 Å². The average Bonchev–Trinajstić information content (AvgIpc) is 2.50. The van der Waals surface area contributed by atoms with Gasteiger partial charge in [0.25, 0.3) is 5.91 Å². The van der Waals surface area contributed by atoms with Gasteiger partial charge < -0.3 is 4.74 Å².